The minimum atomic E-state index is 0.164. The topological polar surface area (TPSA) is 15.3 Å². The Labute approximate surface area is 130 Å². The predicted molar refractivity (Wildman–Crippen MR) is 91.6 cm³/mol. The van der Waals surface area contributed by atoms with Gasteiger partial charge in [0.05, 0.1) is 0 Å². The van der Waals surface area contributed by atoms with E-state index in [4.69, 9.17) is 0 Å². The Balaban J connectivity index is 2.23. The Morgan fingerprint density at radius 3 is 2.43 bits per heavy atom. The molecule has 1 aliphatic heterocycles. The molecule has 1 N–H and O–H groups in total. The fraction of sp³-hybridized carbons (Fsp3) is 0.684. The van der Waals surface area contributed by atoms with Gasteiger partial charge in [-0.2, -0.15) is 0 Å². The van der Waals surface area contributed by atoms with Crippen LogP contribution in [0.25, 0.3) is 0 Å². The van der Waals surface area contributed by atoms with Gasteiger partial charge >= 0.3 is 0 Å². The number of benzene rings is 1. The summed E-state index contributed by atoms with van der Waals surface area (Å²) in [6.07, 6.45) is 3.93. The maximum absolute atomic E-state index is 3.72. The van der Waals surface area contributed by atoms with Crippen LogP contribution in [0.4, 0.5) is 0 Å². The van der Waals surface area contributed by atoms with E-state index in [1.165, 1.54) is 24.8 Å². The van der Waals surface area contributed by atoms with E-state index in [2.05, 4.69) is 75.2 Å². The van der Waals surface area contributed by atoms with Gasteiger partial charge in [-0.3, -0.25) is 4.90 Å². The molecule has 2 rings (SSSR count). The molecule has 1 aliphatic rings. The average Bonchev–Trinajstić information content (AvgIpc) is 2.81. The lowest BCUT2D eigenvalue weighted by atomic mass is 10.0. The zero-order valence-corrected chi connectivity index (χ0v) is 14.4. The molecule has 0 bridgehead atoms. The molecule has 3 atom stereocenters. The van der Waals surface area contributed by atoms with Gasteiger partial charge in [-0.1, -0.05) is 37.3 Å². The molecule has 118 valence electrons. The van der Waals surface area contributed by atoms with Crippen molar-refractivity contribution in [2.75, 3.05) is 6.54 Å². The Morgan fingerprint density at radius 2 is 1.86 bits per heavy atom. The van der Waals surface area contributed by atoms with Crippen molar-refractivity contribution in [1.29, 1.82) is 0 Å². The average molecular weight is 288 g/mol. The molecule has 0 spiro atoms. The molecular weight excluding hydrogens is 256 g/mol. The summed E-state index contributed by atoms with van der Waals surface area (Å²) in [6, 6.07) is 12.9. The van der Waals surface area contributed by atoms with Crippen LogP contribution in [0.3, 0.4) is 0 Å². The fourth-order valence-corrected chi connectivity index (χ4v) is 3.54. The van der Waals surface area contributed by atoms with E-state index in [0.717, 1.165) is 12.6 Å². The van der Waals surface area contributed by atoms with Crippen molar-refractivity contribution in [3.05, 3.63) is 35.9 Å². The Bertz CT molecular complexity index is 421. The number of likely N-dealkylation sites (tertiary alicyclic amines) is 1. The summed E-state index contributed by atoms with van der Waals surface area (Å²) in [5, 5.41) is 3.72. The smallest absolute Gasteiger partial charge is 0.0478 e. The van der Waals surface area contributed by atoms with Gasteiger partial charge in [0.2, 0.25) is 0 Å². The van der Waals surface area contributed by atoms with Crippen molar-refractivity contribution >= 4 is 0 Å². The van der Waals surface area contributed by atoms with Crippen LogP contribution in [0.2, 0.25) is 0 Å². The standard InChI is InChI=1S/C19H32N2/c1-6-17-13-12-15(2)21(17)18(14-20-19(3,4)5)16-10-8-7-9-11-16/h7-11,15,17-18,20H,6,12-14H2,1-5H3. The van der Waals surface area contributed by atoms with Gasteiger partial charge in [-0.05, 0) is 52.5 Å². The van der Waals surface area contributed by atoms with Crippen LogP contribution < -0.4 is 5.32 Å². The van der Waals surface area contributed by atoms with Crippen LogP contribution in [0.5, 0.6) is 0 Å². The number of nitrogens with one attached hydrogen (secondary N) is 1. The van der Waals surface area contributed by atoms with Crippen LogP contribution in [-0.4, -0.2) is 29.1 Å². The summed E-state index contributed by atoms with van der Waals surface area (Å²) in [7, 11) is 0. The van der Waals surface area contributed by atoms with Crippen molar-refractivity contribution in [3.63, 3.8) is 0 Å². The van der Waals surface area contributed by atoms with E-state index in [0.29, 0.717) is 12.1 Å². The maximum atomic E-state index is 3.72. The van der Waals surface area contributed by atoms with Gasteiger partial charge in [0, 0.05) is 30.2 Å². The van der Waals surface area contributed by atoms with E-state index in [1.807, 2.05) is 0 Å². The minimum absolute atomic E-state index is 0.164. The summed E-state index contributed by atoms with van der Waals surface area (Å²) in [5.41, 5.74) is 1.61. The van der Waals surface area contributed by atoms with Crippen molar-refractivity contribution < 1.29 is 0 Å². The van der Waals surface area contributed by atoms with E-state index in [1.54, 1.807) is 0 Å². The third-order valence-corrected chi connectivity index (χ3v) is 4.69. The molecule has 1 aromatic rings. The molecule has 0 radical (unpaired) electrons. The quantitative estimate of drug-likeness (QED) is 0.865. The molecule has 1 heterocycles. The summed E-state index contributed by atoms with van der Waals surface area (Å²) in [5.74, 6) is 0. The maximum Gasteiger partial charge on any atom is 0.0478 e. The van der Waals surface area contributed by atoms with E-state index in [-0.39, 0.29) is 5.54 Å². The third kappa shape index (κ3) is 4.31. The molecule has 0 aromatic heterocycles. The highest BCUT2D eigenvalue weighted by Gasteiger charge is 2.35. The number of hydrogen-bond donors (Lipinski definition) is 1. The normalized spacial score (nSPS) is 25.2. The molecule has 21 heavy (non-hydrogen) atoms. The van der Waals surface area contributed by atoms with Gasteiger partial charge in [-0.25, -0.2) is 0 Å². The molecule has 0 aliphatic carbocycles. The summed E-state index contributed by atoms with van der Waals surface area (Å²) >= 11 is 0. The SMILES string of the molecule is CCC1CCC(C)N1C(CNC(C)(C)C)c1ccccc1. The Kier molecular flexibility index (Phi) is 5.45. The van der Waals surface area contributed by atoms with Gasteiger partial charge in [0.25, 0.3) is 0 Å². The number of rotatable bonds is 5. The zero-order valence-electron chi connectivity index (χ0n) is 14.4. The summed E-state index contributed by atoms with van der Waals surface area (Å²) in [6.45, 7) is 12.5. The molecule has 1 saturated heterocycles. The van der Waals surface area contributed by atoms with Crippen LogP contribution in [-0.2, 0) is 0 Å². The van der Waals surface area contributed by atoms with Gasteiger partial charge in [0.15, 0.2) is 0 Å². The minimum Gasteiger partial charge on any atom is -0.310 e. The monoisotopic (exact) mass is 288 g/mol. The highest BCUT2D eigenvalue weighted by atomic mass is 15.2. The van der Waals surface area contributed by atoms with Crippen molar-refractivity contribution in [2.24, 2.45) is 0 Å². The van der Waals surface area contributed by atoms with Crippen molar-refractivity contribution in [3.8, 4) is 0 Å². The van der Waals surface area contributed by atoms with Crippen LogP contribution in [0.15, 0.2) is 30.3 Å². The molecule has 0 amide bonds. The molecule has 1 fully saturated rings. The first-order chi connectivity index (χ1) is 9.92. The second-order valence-electron chi connectivity index (χ2n) is 7.49. The molecule has 2 heteroatoms. The number of nitrogens with zero attached hydrogens (tertiary/aromatic N) is 1. The molecule has 2 nitrogen and oxygen atoms in total. The lowest BCUT2D eigenvalue weighted by Crippen LogP contribution is -2.46. The summed E-state index contributed by atoms with van der Waals surface area (Å²) < 4.78 is 0. The van der Waals surface area contributed by atoms with Gasteiger partial charge in [0.1, 0.15) is 0 Å². The predicted octanol–water partition coefficient (Wildman–Crippen LogP) is 4.38. The van der Waals surface area contributed by atoms with E-state index >= 15 is 0 Å². The summed E-state index contributed by atoms with van der Waals surface area (Å²) in [4.78, 5) is 2.76. The van der Waals surface area contributed by atoms with Crippen molar-refractivity contribution in [1.82, 2.24) is 10.2 Å². The largest absolute Gasteiger partial charge is 0.310 e. The fourth-order valence-electron chi connectivity index (χ4n) is 3.54. The van der Waals surface area contributed by atoms with Crippen LogP contribution in [0.1, 0.15) is 65.5 Å². The first kappa shape index (κ1) is 16.5. The van der Waals surface area contributed by atoms with Crippen LogP contribution >= 0.6 is 0 Å². The van der Waals surface area contributed by atoms with Gasteiger partial charge < -0.3 is 5.32 Å². The second-order valence-corrected chi connectivity index (χ2v) is 7.49. The second kappa shape index (κ2) is 6.93. The highest BCUT2D eigenvalue weighted by molar-refractivity contribution is 5.20. The molecular formula is C19H32N2. The van der Waals surface area contributed by atoms with Crippen molar-refractivity contribution in [2.45, 2.75) is 77.5 Å². The third-order valence-electron chi connectivity index (χ3n) is 4.69. The molecule has 0 saturated carbocycles. The van der Waals surface area contributed by atoms with E-state index in [9.17, 15) is 0 Å². The lowest BCUT2D eigenvalue weighted by molar-refractivity contribution is 0.124. The van der Waals surface area contributed by atoms with E-state index < -0.39 is 0 Å². The Hall–Kier alpha value is -0.860. The van der Waals surface area contributed by atoms with Gasteiger partial charge in [-0.15, -0.1) is 0 Å². The lowest BCUT2D eigenvalue weighted by Gasteiger charge is -2.38. The molecule has 1 aromatic carbocycles. The molecule has 3 unspecified atom stereocenters. The number of hydrogen-bond acceptors (Lipinski definition) is 2. The Morgan fingerprint density at radius 1 is 1.19 bits per heavy atom. The van der Waals surface area contributed by atoms with Crippen LogP contribution in [0, 0.1) is 0 Å². The zero-order chi connectivity index (χ0) is 15.5. The highest BCUT2D eigenvalue weighted by Crippen LogP contribution is 2.35. The first-order valence-corrected chi connectivity index (χ1v) is 8.49. The first-order valence-electron chi connectivity index (χ1n) is 8.49.